The number of rotatable bonds is 6. The Labute approximate surface area is 203 Å². The highest BCUT2D eigenvalue weighted by Crippen LogP contribution is 2.39. The maximum Gasteiger partial charge on any atom is 0.253 e. The van der Waals surface area contributed by atoms with Gasteiger partial charge in [-0.25, -0.2) is 4.98 Å². The Morgan fingerprint density at radius 1 is 0.886 bits per heavy atom. The lowest BCUT2D eigenvalue weighted by Crippen LogP contribution is -2.49. The minimum Gasteiger partial charge on any atom is -0.457 e. The molecule has 8 heteroatoms. The summed E-state index contributed by atoms with van der Waals surface area (Å²) < 4.78 is 11.2. The minimum atomic E-state index is 0.0304. The number of hydrogen-bond acceptors (Lipinski definition) is 7. The van der Waals surface area contributed by atoms with Crippen LogP contribution >= 0.6 is 0 Å². The first-order valence-corrected chi connectivity index (χ1v) is 11.9. The van der Waals surface area contributed by atoms with Crippen molar-refractivity contribution in [3.05, 3.63) is 84.4 Å². The molecule has 1 amide bonds. The number of nitrogens with zero attached hydrogens (tertiary/aromatic N) is 5. The van der Waals surface area contributed by atoms with E-state index in [9.17, 15) is 4.79 Å². The summed E-state index contributed by atoms with van der Waals surface area (Å²) in [4.78, 5) is 26.2. The largest absolute Gasteiger partial charge is 0.457 e. The average Bonchev–Trinajstić information content (AvgIpc) is 3.66. The van der Waals surface area contributed by atoms with Crippen LogP contribution in [0.25, 0.3) is 11.4 Å². The zero-order valence-electron chi connectivity index (χ0n) is 19.2. The van der Waals surface area contributed by atoms with E-state index < -0.39 is 0 Å². The van der Waals surface area contributed by atoms with Crippen molar-refractivity contribution in [3.8, 4) is 22.9 Å². The topological polar surface area (TPSA) is 84.6 Å². The quantitative estimate of drug-likeness (QED) is 0.404. The van der Waals surface area contributed by atoms with Gasteiger partial charge in [-0.05, 0) is 61.4 Å². The molecule has 176 valence electrons. The van der Waals surface area contributed by atoms with Crippen LogP contribution in [0.5, 0.6) is 11.5 Å². The van der Waals surface area contributed by atoms with Crippen LogP contribution in [0.3, 0.4) is 0 Å². The Morgan fingerprint density at radius 3 is 2.31 bits per heavy atom. The van der Waals surface area contributed by atoms with E-state index >= 15 is 0 Å². The highest BCUT2D eigenvalue weighted by molar-refractivity contribution is 5.94. The fourth-order valence-electron chi connectivity index (χ4n) is 4.17. The predicted octanol–water partition coefficient (Wildman–Crippen LogP) is 4.76. The fourth-order valence-corrected chi connectivity index (χ4v) is 4.17. The lowest BCUT2D eigenvalue weighted by atomic mass is 10.1. The Kier molecular flexibility index (Phi) is 5.62. The number of benzene rings is 2. The van der Waals surface area contributed by atoms with Crippen molar-refractivity contribution in [1.29, 1.82) is 0 Å². The van der Waals surface area contributed by atoms with Crippen molar-refractivity contribution in [2.24, 2.45) is 0 Å². The lowest BCUT2D eigenvalue weighted by Gasteiger charge is -2.35. The first-order chi connectivity index (χ1) is 17.2. The molecule has 0 N–H and O–H groups in total. The highest BCUT2D eigenvalue weighted by atomic mass is 16.5. The Bertz CT molecular complexity index is 1290. The summed E-state index contributed by atoms with van der Waals surface area (Å²) in [6.07, 6.45) is 4.04. The van der Waals surface area contributed by atoms with Gasteiger partial charge in [0.25, 0.3) is 5.91 Å². The van der Waals surface area contributed by atoms with Gasteiger partial charge >= 0.3 is 0 Å². The first kappa shape index (κ1) is 21.3. The van der Waals surface area contributed by atoms with Gasteiger partial charge in [-0.15, -0.1) is 0 Å². The Hall–Kier alpha value is -4.20. The molecule has 3 heterocycles. The van der Waals surface area contributed by atoms with Gasteiger partial charge in [0.1, 0.15) is 17.3 Å². The van der Waals surface area contributed by atoms with Crippen LogP contribution in [0.1, 0.15) is 35.0 Å². The van der Waals surface area contributed by atoms with Gasteiger partial charge < -0.3 is 19.1 Å². The van der Waals surface area contributed by atoms with Crippen LogP contribution in [0.2, 0.25) is 0 Å². The second kappa shape index (κ2) is 9.21. The molecule has 8 nitrogen and oxygen atoms in total. The van der Waals surface area contributed by atoms with Crippen LogP contribution in [0.15, 0.2) is 77.4 Å². The molecule has 0 radical (unpaired) electrons. The summed E-state index contributed by atoms with van der Waals surface area (Å²) >= 11 is 0. The van der Waals surface area contributed by atoms with Crippen molar-refractivity contribution in [2.45, 2.75) is 18.8 Å². The molecular weight excluding hydrogens is 442 g/mol. The summed E-state index contributed by atoms with van der Waals surface area (Å²) in [5, 5.41) is 4.08. The van der Waals surface area contributed by atoms with Crippen LogP contribution < -0.4 is 9.64 Å². The molecule has 2 aliphatic rings. The SMILES string of the molecule is O=C(c1ccc(Oc2ccccc2)cc1)N1CCN(c2ccc(-c3noc(C4CC4)n3)cn2)CC1. The Balaban J connectivity index is 1.04. The van der Waals surface area contributed by atoms with Crippen molar-refractivity contribution in [2.75, 3.05) is 31.1 Å². The standard InChI is InChI=1S/C27H25N5O3/c33-27(20-8-11-23(12-9-20)34-22-4-2-1-3-5-22)32-16-14-31(15-17-32)24-13-10-21(18-28-24)25-29-26(35-30-25)19-6-7-19/h1-5,8-13,18-19H,6-7,14-17H2. The molecule has 6 rings (SSSR count). The molecule has 2 fully saturated rings. The number of anilines is 1. The molecule has 0 unspecified atom stereocenters. The zero-order chi connectivity index (χ0) is 23.6. The van der Waals surface area contributed by atoms with Crippen LogP contribution in [0, 0.1) is 0 Å². The normalized spacial score (nSPS) is 15.8. The molecule has 4 aromatic rings. The fraction of sp³-hybridized carbons (Fsp3) is 0.259. The third kappa shape index (κ3) is 4.73. The van der Waals surface area contributed by atoms with Crippen molar-refractivity contribution >= 4 is 11.7 Å². The molecule has 1 saturated heterocycles. The van der Waals surface area contributed by atoms with Crippen LogP contribution in [-0.2, 0) is 0 Å². The first-order valence-electron chi connectivity index (χ1n) is 11.9. The van der Waals surface area contributed by atoms with Crippen LogP contribution in [-0.4, -0.2) is 52.1 Å². The highest BCUT2D eigenvalue weighted by Gasteiger charge is 2.30. The van der Waals surface area contributed by atoms with E-state index in [0.717, 1.165) is 49.0 Å². The molecule has 1 aliphatic heterocycles. The number of amides is 1. The number of hydrogen-bond donors (Lipinski definition) is 0. The molecule has 2 aromatic carbocycles. The molecule has 0 atom stereocenters. The molecule has 1 aliphatic carbocycles. The number of para-hydroxylation sites is 1. The number of piperazine rings is 1. The van der Waals surface area contributed by atoms with Crippen molar-refractivity contribution in [3.63, 3.8) is 0 Å². The van der Waals surface area contributed by atoms with Gasteiger partial charge in [-0.1, -0.05) is 23.4 Å². The second-order valence-electron chi connectivity index (χ2n) is 8.85. The monoisotopic (exact) mass is 467 g/mol. The summed E-state index contributed by atoms with van der Waals surface area (Å²) in [7, 11) is 0. The summed E-state index contributed by atoms with van der Waals surface area (Å²) in [5.41, 5.74) is 1.50. The van der Waals surface area contributed by atoms with E-state index in [0.29, 0.717) is 36.1 Å². The smallest absolute Gasteiger partial charge is 0.253 e. The number of carbonyl (C=O) groups excluding carboxylic acids is 1. The second-order valence-corrected chi connectivity index (χ2v) is 8.85. The third-order valence-corrected chi connectivity index (χ3v) is 6.35. The van der Waals surface area contributed by atoms with Gasteiger partial charge in [-0.3, -0.25) is 4.79 Å². The third-order valence-electron chi connectivity index (χ3n) is 6.35. The number of pyridine rings is 1. The van der Waals surface area contributed by atoms with Gasteiger partial charge in [0.15, 0.2) is 0 Å². The summed E-state index contributed by atoms with van der Waals surface area (Å²) in [5.74, 6) is 4.13. The minimum absolute atomic E-state index is 0.0304. The van der Waals surface area contributed by atoms with Crippen molar-refractivity contribution in [1.82, 2.24) is 20.0 Å². The van der Waals surface area contributed by atoms with Gasteiger partial charge in [0.2, 0.25) is 11.7 Å². The van der Waals surface area contributed by atoms with Crippen molar-refractivity contribution < 1.29 is 14.1 Å². The molecule has 0 bridgehead atoms. The van der Waals surface area contributed by atoms with E-state index in [1.807, 2.05) is 71.6 Å². The molecule has 35 heavy (non-hydrogen) atoms. The van der Waals surface area contributed by atoms with E-state index in [4.69, 9.17) is 9.26 Å². The van der Waals surface area contributed by atoms with E-state index in [1.165, 1.54) is 0 Å². The average molecular weight is 468 g/mol. The van der Waals surface area contributed by atoms with Gasteiger partial charge in [-0.2, -0.15) is 4.98 Å². The molecule has 2 aromatic heterocycles. The van der Waals surface area contributed by atoms with Gasteiger partial charge in [0, 0.05) is 49.4 Å². The molecular formula is C27H25N5O3. The van der Waals surface area contributed by atoms with Gasteiger partial charge in [0.05, 0.1) is 0 Å². The number of aromatic nitrogens is 3. The van der Waals surface area contributed by atoms with E-state index in [-0.39, 0.29) is 5.91 Å². The number of carbonyl (C=O) groups is 1. The van der Waals surface area contributed by atoms with E-state index in [1.54, 1.807) is 6.20 Å². The summed E-state index contributed by atoms with van der Waals surface area (Å²) in [6, 6.07) is 20.8. The molecule has 0 spiro atoms. The number of ether oxygens (including phenoxy) is 1. The predicted molar refractivity (Wildman–Crippen MR) is 131 cm³/mol. The zero-order valence-corrected chi connectivity index (χ0v) is 19.2. The van der Waals surface area contributed by atoms with Crippen LogP contribution in [0.4, 0.5) is 5.82 Å². The van der Waals surface area contributed by atoms with E-state index in [2.05, 4.69) is 20.0 Å². The summed E-state index contributed by atoms with van der Waals surface area (Å²) in [6.45, 7) is 2.73. The Morgan fingerprint density at radius 2 is 1.63 bits per heavy atom. The lowest BCUT2D eigenvalue weighted by molar-refractivity contribution is 0.0746. The molecule has 1 saturated carbocycles. The maximum absolute atomic E-state index is 13.0. The maximum atomic E-state index is 13.0.